The minimum absolute atomic E-state index is 0.137. The van der Waals surface area contributed by atoms with Crippen LogP contribution in [0.1, 0.15) is 25.0 Å². The Kier molecular flexibility index (Phi) is 2.16. The van der Waals surface area contributed by atoms with Crippen molar-refractivity contribution in [3.63, 3.8) is 0 Å². The fourth-order valence-corrected chi connectivity index (χ4v) is 2.57. The quantitative estimate of drug-likeness (QED) is 0.698. The van der Waals surface area contributed by atoms with Crippen molar-refractivity contribution < 1.29 is 9.50 Å². The number of H-pyrrole nitrogens is 1. The van der Waals surface area contributed by atoms with E-state index in [1.54, 1.807) is 6.07 Å². The molecule has 0 amide bonds. The smallest absolute Gasteiger partial charge is 0.148 e. The molecule has 1 heterocycles. The number of nitrogens with one attached hydrogen (secondary N) is 1. The predicted octanol–water partition coefficient (Wildman–Crippen LogP) is 2.30. The van der Waals surface area contributed by atoms with Gasteiger partial charge in [0.05, 0.1) is 12.3 Å². The number of aliphatic hydroxyl groups excluding tert-OH is 1. The number of hydrogen-bond acceptors (Lipinski definition) is 2. The number of rotatable bonds is 2. The lowest BCUT2D eigenvalue weighted by molar-refractivity contribution is 0.117. The fourth-order valence-electron chi connectivity index (χ4n) is 2.57. The second-order valence-electron chi connectivity index (χ2n) is 4.94. The summed E-state index contributed by atoms with van der Waals surface area (Å²) in [6.07, 6.45) is 3.09. The van der Waals surface area contributed by atoms with Crippen molar-refractivity contribution in [2.45, 2.75) is 24.7 Å². The monoisotopic (exact) mass is 234 g/mol. The molecule has 0 spiro atoms. The number of fused-ring (bicyclic) bond motifs is 1. The highest BCUT2D eigenvalue weighted by Crippen LogP contribution is 2.43. The van der Waals surface area contributed by atoms with Crippen molar-refractivity contribution in [1.29, 1.82) is 0 Å². The fraction of sp³-hybridized carbons (Fsp3) is 0.385. The van der Waals surface area contributed by atoms with Crippen molar-refractivity contribution in [2.24, 2.45) is 0 Å². The van der Waals surface area contributed by atoms with Crippen LogP contribution >= 0.6 is 0 Å². The van der Waals surface area contributed by atoms with Gasteiger partial charge in [0.15, 0.2) is 0 Å². The molecular weight excluding hydrogens is 219 g/mol. The van der Waals surface area contributed by atoms with Gasteiger partial charge in [-0.05, 0) is 25.0 Å². The molecule has 17 heavy (non-hydrogen) atoms. The molecule has 1 fully saturated rings. The molecule has 3 rings (SSSR count). The van der Waals surface area contributed by atoms with Crippen LogP contribution in [0, 0.1) is 5.82 Å². The van der Waals surface area contributed by atoms with E-state index in [2.05, 4.69) is 4.98 Å². The van der Waals surface area contributed by atoms with Gasteiger partial charge in [-0.15, -0.1) is 0 Å². The molecule has 1 aromatic carbocycles. The summed E-state index contributed by atoms with van der Waals surface area (Å²) in [6, 6.07) is 5.02. The number of aromatic amines is 1. The van der Waals surface area contributed by atoms with Gasteiger partial charge in [-0.25, -0.2) is 4.39 Å². The van der Waals surface area contributed by atoms with Crippen LogP contribution in [0.3, 0.4) is 0 Å². The number of benzene rings is 1. The van der Waals surface area contributed by atoms with E-state index >= 15 is 0 Å². The first-order valence-corrected chi connectivity index (χ1v) is 5.84. The zero-order valence-electron chi connectivity index (χ0n) is 9.46. The number of hydrogen-bond donors (Lipinski definition) is 3. The summed E-state index contributed by atoms with van der Waals surface area (Å²) in [5.74, 6) is -0.405. The molecule has 1 aliphatic rings. The SMILES string of the molecule is Nc1cc2cc(C3(CO)CCC3)[nH]c2cc1F. The molecule has 0 unspecified atom stereocenters. The Morgan fingerprint density at radius 3 is 2.71 bits per heavy atom. The van der Waals surface area contributed by atoms with Crippen LogP contribution in [0.15, 0.2) is 18.2 Å². The highest BCUT2D eigenvalue weighted by Gasteiger charge is 2.39. The first-order chi connectivity index (χ1) is 8.14. The Balaban J connectivity index is 2.13. The third-order valence-electron chi connectivity index (χ3n) is 3.92. The molecule has 4 heteroatoms. The third-order valence-corrected chi connectivity index (χ3v) is 3.92. The normalized spacial score (nSPS) is 18.2. The maximum atomic E-state index is 13.3. The van der Waals surface area contributed by atoms with Gasteiger partial charge >= 0.3 is 0 Å². The number of halogens is 1. The van der Waals surface area contributed by atoms with Crippen LogP contribution in [-0.4, -0.2) is 16.7 Å². The molecule has 2 aromatic rings. The molecule has 1 aliphatic carbocycles. The summed E-state index contributed by atoms with van der Waals surface area (Å²) in [7, 11) is 0. The lowest BCUT2D eigenvalue weighted by atomic mass is 9.67. The summed E-state index contributed by atoms with van der Waals surface area (Å²) in [6.45, 7) is 0.137. The standard InChI is InChI=1S/C13H15FN2O/c14-9-6-11-8(4-10(9)15)5-12(16-11)13(7-17)2-1-3-13/h4-6,16-17H,1-3,7,15H2. The van der Waals surface area contributed by atoms with E-state index < -0.39 is 5.82 Å². The summed E-state index contributed by atoms with van der Waals surface area (Å²) in [5.41, 5.74) is 7.29. The van der Waals surface area contributed by atoms with Gasteiger partial charge in [0.25, 0.3) is 0 Å². The van der Waals surface area contributed by atoms with Gasteiger partial charge in [-0.1, -0.05) is 6.42 Å². The predicted molar refractivity (Wildman–Crippen MR) is 65.3 cm³/mol. The number of nitrogen functional groups attached to an aromatic ring is 1. The minimum Gasteiger partial charge on any atom is -0.396 e. The molecule has 1 aromatic heterocycles. The van der Waals surface area contributed by atoms with Gasteiger partial charge in [-0.2, -0.15) is 0 Å². The lowest BCUT2D eigenvalue weighted by Crippen LogP contribution is -2.38. The molecule has 0 radical (unpaired) electrons. The van der Waals surface area contributed by atoms with Gasteiger partial charge in [0, 0.05) is 28.1 Å². The van der Waals surface area contributed by atoms with E-state index in [4.69, 9.17) is 5.73 Å². The van der Waals surface area contributed by atoms with Crippen molar-refractivity contribution in [3.05, 3.63) is 29.7 Å². The van der Waals surface area contributed by atoms with Gasteiger partial charge in [0.2, 0.25) is 0 Å². The summed E-state index contributed by atoms with van der Waals surface area (Å²) < 4.78 is 13.3. The van der Waals surface area contributed by atoms with E-state index in [1.807, 2.05) is 6.07 Å². The molecule has 0 saturated heterocycles. The van der Waals surface area contributed by atoms with Crippen LogP contribution < -0.4 is 5.73 Å². The zero-order valence-corrected chi connectivity index (χ0v) is 9.46. The highest BCUT2D eigenvalue weighted by molar-refractivity contribution is 5.84. The molecular formula is C13H15FN2O. The summed E-state index contributed by atoms with van der Waals surface area (Å²) in [5, 5.41) is 10.4. The Bertz CT molecular complexity index is 528. The molecule has 0 atom stereocenters. The molecule has 3 nitrogen and oxygen atoms in total. The van der Waals surface area contributed by atoms with E-state index in [0.717, 1.165) is 35.9 Å². The number of aromatic nitrogens is 1. The largest absolute Gasteiger partial charge is 0.396 e. The molecule has 4 N–H and O–H groups in total. The Morgan fingerprint density at radius 2 is 2.12 bits per heavy atom. The van der Waals surface area contributed by atoms with Crippen molar-refractivity contribution in [3.8, 4) is 0 Å². The van der Waals surface area contributed by atoms with E-state index in [9.17, 15) is 9.50 Å². The van der Waals surface area contributed by atoms with Gasteiger partial charge in [-0.3, -0.25) is 0 Å². The molecule has 0 aliphatic heterocycles. The molecule has 90 valence electrons. The zero-order chi connectivity index (χ0) is 12.0. The van der Waals surface area contributed by atoms with Crippen LogP contribution in [-0.2, 0) is 5.41 Å². The first kappa shape index (κ1) is 10.6. The Morgan fingerprint density at radius 1 is 1.35 bits per heavy atom. The van der Waals surface area contributed by atoms with Crippen LogP contribution in [0.25, 0.3) is 10.9 Å². The van der Waals surface area contributed by atoms with Crippen molar-refractivity contribution in [1.82, 2.24) is 4.98 Å². The van der Waals surface area contributed by atoms with Gasteiger partial charge in [0.1, 0.15) is 5.82 Å². The maximum Gasteiger partial charge on any atom is 0.148 e. The first-order valence-electron chi connectivity index (χ1n) is 5.84. The number of nitrogens with two attached hydrogens (primary N) is 1. The number of aliphatic hydroxyl groups is 1. The topological polar surface area (TPSA) is 62.0 Å². The highest BCUT2D eigenvalue weighted by atomic mass is 19.1. The molecule has 0 bridgehead atoms. The van der Waals surface area contributed by atoms with Crippen LogP contribution in [0.2, 0.25) is 0 Å². The van der Waals surface area contributed by atoms with Gasteiger partial charge < -0.3 is 15.8 Å². The summed E-state index contributed by atoms with van der Waals surface area (Å²) >= 11 is 0. The second-order valence-corrected chi connectivity index (χ2v) is 4.94. The maximum absolute atomic E-state index is 13.3. The lowest BCUT2D eigenvalue weighted by Gasteiger charge is -2.39. The van der Waals surface area contributed by atoms with Crippen LogP contribution in [0.5, 0.6) is 0 Å². The Hall–Kier alpha value is -1.55. The average Bonchev–Trinajstić information content (AvgIpc) is 2.61. The average molecular weight is 234 g/mol. The third kappa shape index (κ3) is 1.44. The minimum atomic E-state index is -0.405. The molecule has 1 saturated carbocycles. The van der Waals surface area contributed by atoms with Crippen LogP contribution in [0.4, 0.5) is 10.1 Å². The second kappa shape index (κ2) is 3.47. The van der Waals surface area contributed by atoms with E-state index in [-0.39, 0.29) is 17.7 Å². The van der Waals surface area contributed by atoms with E-state index in [0.29, 0.717) is 0 Å². The number of anilines is 1. The Labute approximate surface area is 98.4 Å². The van der Waals surface area contributed by atoms with E-state index in [1.165, 1.54) is 6.07 Å². The van der Waals surface area contributed by atoms with Crippen molar-refractivity contribution >= 4 is 16.6 Å². The summed E-state index contributed by atoms with van der Waals surface area (Å²) in [4.78, 5) is 3.20. The van der Waals surface area contributed by atoms with Crippen molar-refractivity contribution in [2.75, 3.05) is 12.3 Å².